The van der Waals surface area contributed by atoms with Crippen molar-refractivity contribution in [2.75, 3.05) is 13.7 Å². The third kappa shape index (κ3) is 5.81. The number of methoxy groups -OCH3 is 1. The predicted octanol–water partition coefficient (Wildman–Crippen LogP) is -0.795. The first-order chi connectivity index (χ1) is 20.0. The van der Waals surface area contributed by atoms with Crippen LogP contribution in [0.3, 0.4) is 0 Å². The Balaban J connectivity index is 1.28. The molecule has 0 spiro atoms. The number of ether oxygens (including phenoxy) is 5. The van der Waals surface area contributed by atoms with Crippen LogP contribution in [0.15, 0.2) is 51.7 Å². The lowest BCUT2D eigenvalue weighted by molar-refractivity contribution is -0.318. The summed E-state index contributed by atoms with van der Waals surface area (Å²) in [7, 11) is 1.41. The number of aliphatic hydroxyl groups excluding tert-OH is 6. The molecule has 5 rings (SSSR count). The van der Waals surface area contributed by atoms with Gasteiger partial charge in [-0.15, -0.1) is 0 Å². The Bertz CT molecular complexity index is 1440. The maximum absolute atomic E-state index is 12.6. The van der Waals surface area contributed by atoms with Crippen LogP contribution in [0.25, 0.3) is 22.3 Å². The molecule has 7 N–H and O–H groups in total. The zero-order valence-electron chi connectivity index (χ0n) is 22.5. The lowest BCUT2D eigenvalue weighted by Gasteiger charge is -2.42. The van der Waals surface area contributed by atoms with Gasteiger partial charge in [0.1, 0.15) is 76.7 Å². The minimum Gasteiger partial charge on any atom is -0.507 e. The van der Waals surface area contributed by atoms with Gasteiger partial charge >= 0.3 is 0 Å². The van der Waals surface area contributed by atoms with Crippen molar-refractivity contribution in [3.05, 3.63) is 52.7 Å². The van der Waals surface area contributed by atoms with Gasteiger partial charge in [0, 0.05) is 23.8 Å². The fraction of sp³-hybridized carbons (Fsp3) is 0.464. The maximum atomic E-state index is 12.6. The van der Waals surface area contributed by atoms with E-state index in [1.807, 2.05) is 0 Å². The Labute approximate surface area is 238 Å². The molecule has 228 valence electrons. The van der Waals surface area contributed by atoms with E-state index in [0.29, 0.717) is 11.3 Å². The average Bonchev–Trinajstić information content (AvgIpc) is 2.97. The van der Waals surface area contributed by atoms with E-state index in [0.717, 1.165) is 0 Å². The van der Waals surface area contributed by atoms with Crippen molar-refractivity contribution in [1.82, 2.24) is 0 Å². The van der Waals surface area contributed by atoms with Crippen LogP contribution < -0.4 is 14.9 Å². The quantitative estimate of drug-likeness (QED) is 0.179. The van der Waals surface area contributed by atoms with E-state index in [1.54, 1.807) is 12.1 Å². The highest BCUT2D eigenvalue weighted by Gasteiger charge is 2.47. The maximum Gasteiger partial charge on any atom is 0.229 e. The average molecular weight is 593 g/mol. The molecule has 42 heavy (non-hydrogen) atoms. The van der Waals surface area contributed by atoms with Crippen molar-refractivity contribution in [3.8, 4) is 28.6 Å². The van der Waals surface area contributed by atoms with Crippen LogP contribution in [0.2, 0.25) is 0 Å². The fourth-order valence-electron chi connectivity index (χ4n) is 4.83. The molecule has 2 aliphatic rings. The SMILES string of the molecule is COc1cc(O)c2c(=O)cc(-c3ccc(O[C@@H]4O[C@H](CO[C@H]5O[C@@H](C)[C@H](O)[C@@H](O)[C@H]5O)[C@@H](O)[C@H](O)[C@H]4O)cc3)oc2c1. The molecule has 0 radical (unpaired) electrons. The summed E-state index contributed by atoms with van der Waals surface area (Å²) in [5.41, 5.74) is 0.154. The van der Waals surface area contributed by atoms with Crippen molar-refractivity contribution >= 4 is 11.0 Å². The zero-order chi connectivity index (χ0) is 30.3. The molecule has 2 aromatic carbocycles. The van der Waals surface area contributed by atoms with Gasteiger partial charge in [0.15, 0.2) is 11.7 Å². The molecule has 14 nitrogen and oxygen atoms in total. The first kappa shape index (κ1) is 30.2. The van der Waals surface area contributed by atoms with Crippen LogP contribution in [0, 0.1) is 0 Å². The smallest absolute Gasteiger partial charge is 0.229 e. The molecule has 14 heteroatoms. The molecular formula is C28H32O14. The van der Waals surface area contributed by atoms with E-state index in [9.17, 15) is 40.5 Å². The number of rotatable bonds is 7. The highest BCUT2D eigenvalue weighted by Crippen LogP contribution is 2.32. The van der Waals surface area contributed by atoms with Crippen LogP contribution in [0.4, 0.5) is 0 Å². The number of fused-ring (bicyclic) bond motifs is 1. The van der Waals surface area contributed by atoms with Crippen LogP contribution in [-0.2, 0) is 14.2 Å². The van der Waals surface area contributed by atoms with E-state index in [2.05, 4.69) is 0 Å². The van der Waals surface area contributed by atoms with Crippen LogP contribution >= 0.6 is 0 Å². The molecule has 10 atom stereocenters. The number of hydrogen-bond donors (Lipinski definition) is 7. The fourth-order valence-corrected chi connectivity index (χ4v) is 4.83. The highest BCUT2D eigenvalue weighted by atomic mass is 16.7. The second-order valence-electron chi connectivity index (χ2n) is 10.2. The number of aromatic hydroxyl groups is 1. The number of phenols is 1. The van der Waals surface area contributed by atoms with Gasteiger partial charge < -0.3 is 63.8 Å². The van der Waals surface area contributed by atoms with Crippen molar-refractivity contribution < 1.29 is 63.8 Å². The number of hydrogen-bond acceptors (Lipinski definition) is 14. The first-order valence-corrected chi connectivity index (χ1v) is 13.1. The molecule has 1 aromatic heterocycles. The third-order valence-corrected chi connectivity index (χ3v) is 7.31. The van der Waals surface area contributed by atoms with E-state index >= 15 is 0 Å². The van der Waals surface area contributed by atoms with Gasteiger partial charge in [-0.05, 0) is 31.2 Å². The molecule has 0 amide bonds. The largest absolute Gasteiger partial charge is 0.507 e. The summed E-state index contributed by atoms with van der Waals surface area (Å²) in [6.45, 7) is 1.05. The van der Waals surface area contributed by atoms with Gasteiger partial charge in [-0.25, -0.2) is 0 Å². The Morgan fingerprint density at radius 1 is 0.786 bits per heavy atom. The molecule has 3 heterocycles. The van der Waals surface area contributed by atoms with Crippen LogP contribution in [0.1, 0.15) is 6.92 Å². The van der Waals surface area contributed by atoms with Crippen molar-refractivity contribution in [2.45, 2.75) is 68.3 Å². The van der Waals surface area contributed by atoms with Gasteiger partial charge in [-0.1, -0.05) is 0 Å². The van der Waals surface area contributed by atoms with E-state index in [-0.39, 0.29) is 28.2 Å². The summed E-state index contributed by atoms with van der Waals surface area (Å²) in [5.74, 6) is 0.435. The zero-order valence-corrected chi connectivity index (χ0v) is 22.5. The topological polar surface area (TPSA) is 218 Å². The third-order valence-electron chi connectivity index (χ3n) is 7.31. The summed E-state index contributed by atoms with van der Waals surface area (Å²) in [6, 6.07) is 10.2. The molecule has 3 aromatic rings. The van der Waals surface area contributed by atoms with E-state index in [1.165, 1.54) is 44.4 Å². The molecular weight excluding hydrogens is 560 g/mol. The Morgan fingerprint density at radius 2 is 1.45 bits per heavy atom. The molecule has 2 aliphatic heterocycles. The minimum absolute atomic E-state index is 0.00931. The summed E-state index contributed by atoms with van der Waals surface area (Å²) < 4.78 is 33.1. The van der Waals surface area contributed by atoms with Gasteiger partial charge in [-0.3, -0.25) is 4.79 Å². The van der Waals surface area contributed by atoms with Gasteiger partial charge in [-0.2, -0.15) is 0 Å². The lowest BCUT2D eigenvalue weighted by Crippen LogP contribution is -2.61. The normalized spacial score (nSPS) is 33.4. The Hall–Kier alpha value is -3.31. The minimum atomic E-state index is -1.68. The van der Waals surface area contributed by atoms with Gasteiger partial charge in [0.05, 0.1) is 19.8 Å². The summed E-state index contributed by atoms with van der Waals surface area (Å²) in [6.07, 6.45) is -14.2. The Morgan fingerprint density at radius 3 is 2.14 bits per heavy atom. The molecule has 0 saturated carbocycles. The van der Waals surface area contributed by atoms with Crippen molar-refractivity contribution in [1.29, 1.82) is 0 Å². The van der Waals surface area contributed by atoms with Gasteiger partial charge in [0.25, 0.3) is 0 Å². The molecule has 0 aliphatic carbocycles. The second kappa shape index (κ2) is 12.1. The van der Waals surface area contributed by atoms with E-state index in [4.69, 9.17) is 28.1 Å². The van der Waals surface area contributed by atoms with Crippen molar-refractivity contribution in [2.24, 2.45) is 0 Å². The highest BCUT2D eigenvalue weighted by molar-refractivity contribution is 5.86. The molecule has 0 unspecified atom stereocenters. The van der Waals surface area contributed by atoms with Crippen molar-refractivity contribution in [3.63, 3.8) is 0 Å². The monoisotopic (exact) mass is 592 g/mol. The van der Waals surface area contributed by atoms with Crippen LogP contribution in [-0.4, -0.2) is 111 Å². The molecule has 2 saturated heterocycles. The molecule has 0 bridgehead atoms. The van der Waals surface area contributed by atoms with Gasteiger partial charge in [0.2, 0.25) is 6.29 Å². The summed E-state index contributed by atoms with van der Waals surface area (Å²) in [4.78, 5) is 12.6. The van der Waals surface area contributed by atoms with Crippen LogP contribution in [0.5, 0.6) is 17.2 Å². The first-order valence-electron chi connectivity index (χ1n) is 13.1. The predicted molar refractivity (Wildman–Crippen MR) is 142 cm³/mol. The number of benzene rings is 2. The standard InChI is InChI=1S/C28H32O14/c1-11-21(31)23(33)25(35)27(39-11)38-10-19-22(32)24(34)26(36)28(42-19)40-13-5-3-12(4-6-13)17-9-16(30)20-15(29)7-14(37-2)8-18(20)41-17/h3-9,11,19,21-29,31-36H,10H2,1-2H3/t11-,19+,21-,22+,23+,24-,25+,26+,27-,28+/m0/s1. The number of aliphatic hydroxyl groups is 6. The Kier molecular flexibility index (Phi) is 8.71. The lowest BCUT2D eigenvalue weighted by atomic mass is 9.98. The van der Waals surface area contributed by atoms with E-state index < -0.39 is 73.4 Å². The summed E-state index contributed by atoms with van der Waals surface area (Å²) >= 11 is 0. The summed E-state index contributed by atoms with van der Waals surface area (Å²) in [5, 5.41) is 71.4. The molecule has 2 fully saturated rings. The number of phenolic OH excluding ortho intramolecular Hbond substituents is 1. The second-order valence-corrected chi connectivity index (χ2v) is 10.2.